The molecule has 0 fully saturated rings. The van der Waals surface area contributed by atoms with Gasteiger partial charge in [-0.2, -0.15) is 0 Å². The summed E-state index contributed by atoms with van der Waals surface area (Å²) in [7, 11) is 0. The highest BCUT2D eigenvalue weighted by atomic mass is 16.5. The Morgan fingerprint density at radius 3 is 2.76 bits per heavy atom. The molecule has 0 atom stereocenters. The van der Waals surface area contributed by atoms with Gasteiger partial charge in [-0.1, -0.05) is 18.2 Å². The zero-order valence-electron chi connectivity index (χ0n) is 8.81. The summed E-state index contributed by atoms with van der Waals surface area (Å²) in [5.41, 5.74) is 0.731. The van der Waals surface area contributed by atoms with E-state index in [1.54, 1.807) is 6.20 Å². The summed E-state index contributed by atoms with van der Waals surface area (Å²) in [5.74, 6) is 1.24. The van der Waals surface area contributed by atoms with Gasteiger partial charge >= 0.3 is 0 Å². The largest absolute Gasteiger partial charge is 0.453 e. The second-order valence-electron chi connectivity index (χ2n) is 3.52. The van der Waals surface area contributed by atoms with Gasteiger partial charge in [-0.15, -0.1) is 0 Å². The quantitative estimate of drug-likeness (QED) is 0.703. The first kappa shape index (κ1) is 9.65. The lowest BCUT2D eigenvalue weighted by Gasteiger charge is -2.02. The highest BCUT2D eigenvalue weighted by molar-refractivity contribution is 5.81. The van der Waals surface area contributed by atoms with Crippen LogP contribution in [0.25, 0.3) is 11.0 Å². The maximum atomic E-state index is 11.5. The molecule has 0 aliphatic rings. The average molecular weight is 227 g/mol. The maximum absolute atomic E-state index is 11.5. The Kier molecular flexibility index (Phi) is 2.15. The molecule has 0 amide bonds. The minimum Gasteiger partial charge on any atom is -0.453 e. The standard InChI is InChI=1S/C12H9N3O2/c16-12-11-10(14-7-15-12)9(6-13-11)17-8-4-2-1-3-5-8/h1-7,13H,(H,14,15,16). The number of H-pyrrole nitrogens is 2. The fraction of sp³-hybridized carbons (Fsp3) is 0. The lowest BCUT2D eigenvalue weighted by atomic mass is 10.3. The van der Waals surface area contributed by atoms with Gasteiger partial charge in [0.2, 0.25) is 0 Å². The van der Waals surface area contributed by atoms with Crippen molar-refractivity contribution < 1.29 is 4.74 Å². The molecule has 5 nitrogen and oxygen atoms in total. The SMILES string of the molecule is O=c1[nH]cnc2c(Oc3ccccc3)c[nH]c12. The molecule has 0 saturated heterocycles. The van der Waals surface area contributed by atoms with E-state index in [2.05, 4.69) is 15.0 Å². The molecule has 84 valence electrons. The molecule has 0 saturated carbocycles. The Bertz CT molecular complexity index is 700. The predicted octanol–water partition coefficient (Wildman–Crippen LogP) is 2.04. The van der Waals surface area contributed by atoms with Crippen molar-refractivity contribution in [3.63, 3.8) is 0 Å². The summed E-state index contributed by atoms with van der Waals surface area (Å²) in [6, 6.07) is 9.35. The molecule has 0 spiro atoms. The first-order chi connectivity index (χ1) is 8.34. The number of aromatic amines is 2. The van der Waals surface area contributed by atoms with E-state index in [1.165, 1.54) is 6.33 Å². The van der Waals surface area contributed by atoms with Crippen LogP contribution in [0.5, 0.6) is 11.5 Å². The fourth-order valence-corrected chi connectivity index (χ4v) is 1.62. The number of para-hydroxylation sites is 1. The third kappa shape index (κ3) is 1.67. The van der Waals surface area contributed by atoms with Gasteiger partial charge in [0, 0.05) is 6.20 Å². The molecule has 0 aliphatic carbocycles. The molecule has 2 aromatic heterocycles. The van der Waals surface area contributed by atoms with E-state index < -0.39 is 0 Å². The molecule has 1 aromatic carbocycles. The number of aromatic nitrogens is 3. The average Bonchev–Trinajstić information content (AvgIpc) is 2.76. The van der Waals surface area contributed by atoms with Crippen LogP contribution in [-0.2, 0) is 0 Å². The lowest BCUT2D eigenvalue weighted by molar-refractivity contribution is 0.487. The first-order valence-electron chi connectivity index (χ1n) is 5.12. The first-order valence-corrected chi connectivity index (χ1v) is 5.12. The Morgan fingerprint density at radius 2 is 1.94 bits per heavy atom. The van der Waals surface area contributed by atoms with Gasteiger partial charge in [-0.25, -0.2) is 4.98 Å². The number of ether oxygens (including phenoxy) is 1. The second kappa shape index (κ2) is 3.79. The summed E-state index contributed by atoms with van der Waals surface area (Å²) in [6.45, 7) is 0. The van der Waals surface area contributed by atoms with Gasteiger partial charge in [-0.05, 0) is 12.1 Å². The molecule has 2 N–H and O–H groups in total. The van der Waals surface area contributed by atoms with Crippen LogP contribution in [0.15, 0.2) is 47.7 Å². The molecule has 0 aliphatic heterocycles. The number of hydrogen-bond acceptors (Lipinski definition) is 3. The molecule has 17 heavy (non-hydrogen) atoms. The minimum atomic E-state index is -0.210. The van der Waals surface area contributed by atoms with Gasteiger partial charge in [0.05, 0.1) is 6.33 Å². The molecule has 0 radical (unpaired) electrons. The molecule has 3 rings (SSSR count). The van der Waals surface area contributed by atoms with Crippen molar-refractivity contribution >= 4 is 11.0 Å². The molecule has 0 bridgehead atoms. The van der Waals surface area contributed by atoms with Crippen LogP contribution in [0.1, 0.15) is 0 Å². The third-order valence-corrected chi connectivity index (χ3v) is 2.41. The van der Waals surface area contributed by atoms with Crippen molar-refractivity contribution in [1.82, 2.24) is 15.0 Å². The van der Waals surface area contributed by atoms with Crippen molar-refractivity contribution in [3.05, 3.63) is 53.2 Å². The van der Waals surface area contributed by atoms with E-state index in [0.717, 1.165) is 0 Å². The van der Waals surface area contributed by atoms with Gasteiger partial charge in [0.25, 0.3) is 5.56 Å². The summed E-state index contributed by atoms with van der Waals surface area (Å²) < 4.78 is 5.64. The molecular weight excluding hydrogens is 218 g/mol. The zero-order chi connectivity index (χ0) is 11.7. The molecule has 5 heteroatoms. The van der Waals surface area contributed by atoms with Gasteiger partial charge < -0.3 is 14.7 Å². The molecular formula is C12H9N3O2. The summed E-state index contributed by atoms with van der Waals surface area (Å²) in [5, 5.41) is 0. The van der Waals surface area contributed by atoms with E-state index >= 15 is 0 Å². The van der Waals surface area contributed by atoms with Crippen molar-refractivity contribution in [2.45, 2.75) is 0 Å². The summed E-state index contributed by atoms with van der Waals surface area (Å²) >= 11 is 0. The number of hydrogen-bond donors (Lipinski definition) is 2. The lowest BCUT2D eigenvalue weighted by Crippen LogP contribution is -2.05. The van der Waals surface area contributed by atoms with Gasteiger partial charge in [0.15, 0.2) is 5.75 Å². The van der Waals surface area contributed by atoms with Gasteiger partial charge in [-0.3, -0.25) is 4.79 Å². The Labute approximate surface area is 96.1 Å². The van der Waals surface area contributed by atoms with Crippen molar-refractivity contribution in [2.24, 2.45) is 0 Å². The zero-order valence-corrected chi connectivity index (χ0v) is 8.81. The predicted molar refractivity (Wildman–Crippen MR) is 63.2 cm³/mol. The molecule has 0 unspecified atom stereocenters. The van der Waals surface area contributed by atoms with E-state index in [1.807, 2.05) is 30.3 Å². The number of nitrogens with one attached hydrogen (secondary N) is 2. The van der Waals surface area contributed by atoms with Crippen LogP contribution >= 0.6 is 0 Å². The monoisotopic (exact) mass is 227 g/mol. The Balaban J connectivity index is 2.08. The van der Waals surface area contributed by atoms with E-state index in [9.17, 15) is 4.79 Å². The Hall–Kier alpha value is -2.56. The van der Waals surface area contributed by atoms with Crippen LogP contribution in [0, 0.1) is 0 Å². The minimum absolute atomic E-state index is 0.210. The van der Waals surface area contributed by atoms with Crippen LogP contribution in [-0.4, -0.2) is 15.0 Å². The van der Waals surface area contributed by atoms with E-state index in [-0.39, 0.29) is 5.56 Å². The van der Waals surface area contributed by atoms with Crippen molar-refractivity contribution in [1.29, 1.82) is 0 Å². The normalized spacial score (nSPS) is 10.6. The number of rotatable bonds is 2. The summed E-state index contributed by atoms with van der Waals surface area (Å²) in [4.78, 5) is 20.9. The van der Waals surface area contributed by atoms with Crippen LogP contribution in [0.2, 0.25) is 0 Å². The number of nitrogens with zero attached hydrogens (tertiary/aromatic N) is 1. The summed E-state index contributed by atoms with van der Waals surface area (Å²) in [6.07, 6.45) is 2.98. The van der Waals surface area contributed by atoms with Crippen LogP contribution in [0.4, 0.5) is 0 Å². The van der Waals surface area contributed by atoms with E-state index in [0.29, 0.717) is 22.5 Å². The van der Waals surface area contributed by atoms with Crippen LogP contribution in [0.3, 0.4) is 0 Å². The molecule has 3 aromatic rings. The molecule has 2 heterocycles. The maximum Gasteiger partial charge on any atom is 0.275 e. The smallest absolute Gasteiger partial charge is 0.275 e. The second-order valence-corrected chi connectivity index (χ2v) is 3.52. The van der Waals surface area contributed by atoms with Crippen molar-refractivity contribution in [3.8, 4) is 11.5 Å². The third-order valence-electron chi connectivity index (χ3n) is 2.41. The van der Waals surface area contributed by atoms with Crippen LogP contribution < -0.4 is 10.3 Å². The highest BCUT2D eigenvalue weighted by Crippen LogP contribution is 2.26. The topological polar surface area (TPSA) is 70.8 Å². The van der Waals surface area contributed by atoms with Gasteiger partial charge in [0.1, 0.15) is 16.8 Å². The Morgan fingerprint density at radius 1 is 1.12 bits per heavy atom. The number of fused-ring (bicyclic) bond motifs is 1. The number of benzene rings is 1. The van der Waals surface area contributed by atoms with Crippen molar-refractivity contribution in [2.75, 3.05) is 0 Å². The van der Waals surface area contributed by atoms with E-state index in [4.69, 9.17) is 4.74 Å². The fourth-order valence-electron chi connectivity index (χ4n) is 1.62. The highest BCUT2D eigenvalue weighted by Gasteiger charge is 2.09.